The van der Waals surface area contributed by atoms with Gasteiger partial charge in [-0.3, -0.25) is 0 Å². The number of piperidine rings is 1. The van der Waals surface area contributed by atoms with Crippen molar-refractivity contribution in [3.8, 4) is 5.88 Å². The van der Waals surface area contributed by atoms with Crippen molar-refractivity contribution in [1.82, 2.24) is 20.3 Å². The Morgan fingerprint density at radius 3 is 2.72 bits per heavy atom. The van der Waals surface area contributed by atoms with Crippen LogP contribution < -0.4 is 15.4 Å². The van der Waals surface area contributed by atoms with Crippen molar-refractivity contribution in [2.75, 3.05) is 32.1 Å². The lowest BCUT2D eigenvalue weighted by atomic mass is 9.83. The van der Waals surface area contributed by atoms with Crippen LogP contribution in [0.5, 0.6) is 5.88 Å². The number of hydrogen-bond acceptors (Lipinski definition) is 8. The first-order valence-corrected chi connectivity index (χ1v) is 11.2. The molecule has 0 spiro atoms. The van der Waals surface area contributed by atoms with E-state index in [4.69, 9.17) is 14.5 Å². The fourth-order valence-corrected chi connectivity index (χ4v) is 4.47. The van der Waals surface area contributed by atoms with Gasteiger partial charge in [-0.05, 0) is 45.1 Å². The summed E-state index contributed by atoms with van der Waals surface area (Å²) in [7, 11) is 1.63. The van der Waals surface area contributed by atoms with Gasteiger partial charge in [0.15, 0.2) is 6.10 Å². The molecule has 2 fully saturated rings. The highest BCUT2D eigenvalue weighted by Gasteiger charge is 2.44. The molecule has 0 bridgehead atoms. The zero-order valence-electron chi connectivity index (χ0n) is 18.5. The molecule has 0 amide bonds. The second kappa shape index (κ2) is 9.76. The van der Waals surface area contributed by atoms with Crippen LogP contribution in [0.4, 0.5) is 14.7 Å². The molecule has 3 N–H and O–H groups in total. The Balaban J connectivity index is 1.69. The Hall–Kier alpha value is -2.17. The van der Waals surface area contributed by atoms with Crippen LogP contribution in [0.15, 0.2) is 12.4 Å². The summed E-state index contributed by atoms with van der Waals surface area (Å²) in [6, 6.07) is -0.00304. The lowest BCUT2D eigenvalue weighted by Gasteiger charge is -2.32. The minimum atomic E-state index is -2.98. The molecular weight excluding hydrogens is 420 g/mol. The third-order valence-corrected chi connectivity index (χ3v) is 6.21. The summed E-state index contributed by atoms with van der Waals surface area (Å²) in [5, 5.41) is 16.3. The van der Waals surface area contributed by atoms with Gasteiger partial charge in [0.25, 0.3) is 5.92 Å². The standard InChI is InChI=1S/C22H31F2N5O3/c1-13(11-31-2)28-21-27-10-17-19(29-21)16(14-3-5-15(30)6-4-14)9-26-20(17)32-18-7-8-25-12-22(18,23)24/h9-10,13-15,18,25,30H,3-8,11-12H2,1-2H3,(H,27,28,29)/t13-,14-,15-,18-/m0/s1. The van der Waals surface area contributed by atoms with Gasteiger partial charge >= 0.3 is 0 Å². The number of fused-ring (bicyclic) bond motifs is 1. The molecule has 1 saturated carbocycles. The number of halogens is 2. The Morgan fingerprint density at radius 1 is 1.22 bits per heavy atom. The quantitative estimate of drug-likeness (QED) is 0.591. The van der Waals surface area contributed by atoms with E-state index in [9.17, 15) is 13.9 Å². The molecule has 2 aliphatic rings. The number of aliphatic hydroxyl groups is 1. The molecule has 0 unspecified atom stereocenters. The minimum Gasteiger partial charge on any atom is -0.467 e. The average molecular weight is 452 g/mol. The van der Waals surface area contributed by atoms with Gasteiger partial charge in [-0.15, -0.1) is 0 Å². The zero-order valence-corrected chi connectivity index (χ0v) is 18.5. The van der Waals surface area contributed by atoms with Crippen LogP contribution in [-0.4, -0.2) is 71.0 Å². The number of alkyl halides is 2. The molecule has 1 aliphatic carbocycles. The lowest BCUT2D eigenvalue weighted by molar-refractivity contribution is -0.109. The first-order chi connectivity index (χ1) is 15.4. The predicted octanol–water partition coefficient (Wildman–Crippen LogP) is 2.87. The number of hydrogen-bond donors (Lipinski definition) is 3. The third kappa shape index (κ3) is 5.07. The summed E-state index contributed by atoms with van der Waals surface area (Å²) in [6.45, 7) is 2.49. The maximum Gasteiger partial charge on any atom is 0.296 e. The van der Waals surface area contributed by atoms with Gasteiger partial charge in [-0.2, -0.15) is 0 Å². The van der Waals surface area contributed by atoms with Crippen molar-refractivity contribution in [2.45, 2.75) is 69.1 Å². The second-order valence-corrected chi connectivity index (χ2v) is 8.81. The number of anilines is 1. The summed E-state index contributed by atoms with van der Waals surface area (Å²) in [5.74, 6) is -2.24. The van der Waals surface area contributed by atoms with Gasteiger partial charge in [0, 0.05) is 37.5 Å². The van der Waals surface area contributed by atoms with Crippen LogP contribution in [0.1, 0.15) is 50.5 Å². The molecule has 10 heteroatoms. The number of pyridine rings is 1. The van der Waals surface area contributed by atoms with Crippen LogP contribution >= 0.6 is 0 Å². The topological polar surface area (TPSA) is 101 Å². The fraction of sp³-hybridized carbons (Fsp3) is 0.682. The van der Waals surface area contributed by atoms with E-state index < -0.39 is 18.6 Å². The first kappa shape index (κ1) is 23.0. The van der Waals surface area contributed by atoms with E-state index in [-0.39, 0.29) is 30.4 Å². The van der Waals surface area contributed by atoms with Gasteiger partial charge < -0.3 is 25.2 Å². The molecule has 1 aliphatic heterocycles. The molecule has 3 heterocycles. The zero-order chi connectivity index (χ0) is 22.7. The highest BCUT2D eigenvalue weighted by Crippen LogP contribution is 2.38. The molecule has 32 heavy (non-hydrogen) atoms. The highest BCUT2D eigenvalue weighted by molar-refractivity contribution is 5.86. The van der Waals surface area contributed by atoms with Crippen LogP contribution in [0.25, 0.3) is 10.9 Å². The number of aliphatic hydroxyl groups excluding tert-OH is 1. The van der Waals surface area contributed by atoms with Gasteiger partial charge in [-0.1, -0.05) is 0 Å². The molecular formula is C22H31F2N5O3. The Kier molecular flexibility index (Phi) is 7.02. The van der Waals surface area contributed by atoms with E-state index in [2.05, 4.69) is 20.6 Å². The lowest BCUT2D eigenvalue weighted by Crippen LogP contribution is -2.52. The van der Waals surface area contributed by atoms with Crippen LogP contribution in [0.3, 0.4) is 0 Å². The van der Waals surface area contributed by atoms with Crippen LogP contribution in [0, 0.1) is 0 Å². The van der Waals surface area contributed by atoms with Gasteiger partial charge in [0.05, 0.1) is 30.2 Å². The monoisotopic (exact) mass is 451 g/mol. The molecule has 2 aromatic rings. The maximum absolute atomic E-state index is 14.3. The SMILES string of the molecule is COC[C@H](C)Nc1ncc2c(O[C@H]3CCNCC3(F)F)ncc([C@H]3CC[C@H](O)CC3)c2n1. The molecule has 0 aromatic carbocycles. The number of rotatable bonds is 7. The minimum absolute atomic E-state index is 0.00304. The average Bonchev–Trinajstić information content (AvgIpc) is 2.76. The molecule has 8 nitrogen and oxygen atoms in total. The molecule has 0 radical (unpaired) electrons. The van der Waals surface area contributed by atoms with Gasteiger partial charge in [0.2, 0.25) is 11.8 Å². The van der Waals surface area contributed by atoms with E-state index in [0.29, 0.717) is 42.8 Å². The number of nitrogens with zero attached hydrogens (tertiary/aromatic N) is 3. The Morgan fingerprint density at radius 2 is 2.00 bits per heavy atom. The summed E-state index contributed by atoms with van der Waals surface area (Å²) in [6.07, 6.45) is 5.00. The van der Waals surface area contributed by atoms with E-state index in [1.807, 2.05) is 6.92 Å². The summed E-state index contributed by atoms with van der Waals surface area (Å²) in [4.78, 5) is 13.5. The Bertz CT molecular complexity index is 924. The fourth-order valence-electron chi connectivity index (χ4n) is 4.47. The number of aromatic nitrogens is 3. The largest absolute Gasteiger partial charge is 0.467 e. The number of methoxy groups -OCH3 is 1. The van der Waals surface area contributed by atoms with Crippen LogP contribution in [-0.2, 0) is 4.74 Å². The molecule has 1 saturated heterocycles. The number of nitrogens with one attached hydrogen (secondary N) is 2. The molecule has 2 atom stereocenters. The van der Waals surface area contributed by atoms with Crippen LogP contribution in [0.2, 0.25) is 0 Å². The number of ether oxygens (including phenoxy) is 2. The van der Waals surface area contributed by atoms with Crippen molar-refractivity contribution in [1.29, 1.82) is 0 Å². The van der Waals surface area contributed by atoms with E-state index in [0.717, 1.165) is 18.4 Å². The van der Waals surface area contributed by atoms with E-state index in [1.165, 1.54) is 0 Å². The van der Waals surface area contributed by atoms with Gasteiger partial charge in [-0.25, -0.2) is 23.7 Å². The second-order valence-electron chi connectivity index (χ2n) is 8.81. The Labute approximate surface area is 186 Å². The van der Waals surface area contributed by atoms with Crippen molar-refractivity contribution >= 4 is 16.9 Å². The summed E-state index contributed by atoms with van der Waals surface area (Å²) >= 11 is 0. The maximum atomic E-state index is 14.3. The molecule has 4 rings (SSSR count). The summed E-state index contributed by atoms with van der Waals surface area (Å²) in [5.41, 5.74) is 1.58. The van der Waals surface area contributed by atoms with Crippen molar-refractivity contribution in [2.24, 2.45) is 0 Å². The van der Waals surface area contributed by atoms with Crippen molar-refractivity contribution in [3.05, 3.63) is 18.0 Å². The van der Waals surface area contributed by atoms with E-state index >= 15 is 0 Å². The van der Waals surface area contributed by atoms with E-state index in [1.54, 1.807) is 19.5 Å². The first-order valence-electron chi connectivity index (χ1n) is 11.2. The molecule has 2 aromatic heterocycles. The molecule has 176 valence electrons. The van der Waals surface area contributed by atoms with Gasteiger partial charge in [0.1, 0.15) is 0 Å². The third-order valence-electron chi connectivity index (χ3n) is 6.21. The smallest absolute Gasteiger partial charge is 0.296 e. The predicted molar refractivity (Wildman–Crippen MR) is 116 cm³/mol. The van der Waals surface area contributed by atoms with Crippen molar-refractivity contribution < 1.29 is 23.4 Å². The summed E-state index contributed by atoms with van der Waals surface area (Å²) < 4.78 is 39.6. The normalized spacial score (nSPS) is 26.6. The van der Waals surface area contributed by atoms with Crippen molar-refractivity contribution in [3.63, 3.8) is 0 Å². The highest BCUT2D eigenvalue weighted by atomic mass is 19.3.